The molecule has 0 saturated carbocycles. The van der Waals surface area contributed by atoms with Crippen LogP contribution in [0.25, 0.3) is 0 Å². The van der Waals surface area contributed by atoms with Gasteiger partial charge in [0.15, 0.2) is 0 Å². The number of hydrogen-bond acceptors (Lipinski definition) is 5. The number of hydrogen-bond donors (Lipinski definition) is 2. The Bertz CT molecular complexity index is 894. The van der Waals surface area contributed by atoms with E-state index in [2.05, 4.69) is 6.58 Å². The average Bonchev–Trinajstić information content (AvgIpc) is 3.35. The topological polar surface area (TPSA) is 98.2 Å². The van der Waals surface area contributed by atoms with Crippen LogP contribution in [0, 0.1) is 11.8 Å². The van der Waals surface area contributed by atoms with Crippen LogP contribution in [-0.4, -0.2) is 68.6 Å². The van der Waals surface area contributed by atoms with Gasteiger partial charge < -0.3 is 20.0 Å². The highest BCUT2D eigenvalue weighted by Crippen LogP contribution is 2.66. The molecule has 0 radical (unpaired) electrons. The Labute approximate surface area is 183 Å². The molecule has 2 unspecified atom stereocenters. The third kappa shape index (κ3) is 3.04. The van der Waals surface area contributed by atoms with Gasteiger partial charge in [0.25, 0.3) is 5.91 Å². The first-order chi connectivity index (χ1) is 14.4. The van der Waals surface area contributed by atoms with Gasteiger partial charge in [-0.05, 0) is 37.1 Å². The summed E-state index contributed by atoms with van der Waals surface area (Å²) in [6, 6.07) is 5.99. The molecule has 1 aromatic rings. The summed E-state index contributed by atoms with van der Waals surface area (Å²) in [5, 5.41) is 19.7. The number of nitrogens with zero attached hydrogens (tertiary/aromatic N) is 2. The van der Waals surface area contributed by atoms with Crippen LogP contribution in [0.4, 0.5) is 5.69 Å². The van der Waals surface area contributed by atoms with Crippen LogP contribution >= 0.6 is 23.4 Å². The molecule has 0 aliphatic carbocycles. The molecule has 9 heteroatoms. The monoisotopic (exact) mass is 450 g/mol. The first-order valence-electron chi connectivity index (χ1n) is 9.85. The van der Waals surface area contributed by atoms with E-state index < -0.39 is 28.6 Å². The number of aliphatic hydroxyl groups is 1. The molecule has 3 heterocycles. The number of carbonyl (C=O) groups is 3. The molecule has 5 atom stereocenters. The van der Waals surface area contributed by atoms with Crippen molar-refractivity contribution in [2.45, 2.75) is 28.9 Å². The van der Waals surface area contributed by atoms with Gasteiger partial charge in [-0.1, -0.05) is 17.7 Å². The number of anilines is 1. The minimum Gasteiger partial charge on any atom is -0.481 e. The van der Waals surface area contributed by atoms with E-state index in [4.69, 9.17) is 11.6 Å². The van der Waals surface area contributed by atoms with Crippen LogP contribution in [-0.2, 0) is 14.4 Å². The molecule has 4 rings (SSSR count). The Balaban J connectivity index is 1.77. The number of amides is 2. The van der Waals surface area contributed by atoms with E-state index in [9.17, 15) is 24.6 Å². The van der Waals surface area contributed by atoms with Crippen molar-refractivity contribution in [3.05, 3.63) is 41.9 Å². The highest BCUT2D eigenvalue weighted by molar-refractivity contribution is 8.02. The van der Waals surface area contributed by atoms with E-state index in [0.717, 1.165) is 0 Å². The SMILES string of the molecule is C=CCN(C(=O)C1N(CCO)C(=O)[C@@H]2[C@H](C(=O)O)[C@@H]3CCC12S3)c1ccc(Cl)cc1. The molecular weight excluding hydrogens is 428 g/mol. The minimum atomic E-state index is -0.995. The third-order valence-electron chi connectivity index (χ3n) is 6.38. The molecule has 1 aromatic carbocycles. The van der Waals surface area contributed by atoms with E-state index in [1.54, 1.807) is 35.2 Å². The normalized spacial score (nSPS) is 31.7. The largest absolute Gasteiger partial charge is 0.481 e. The van der Waals surface area contributed by atoms with Crippen LogP contribution in [0.3, 0.4) is 0 Å². The van der Waals surface area contributed by atoms with Crippen molar-refractivity contribution in [2.24, 2.45) is 11.8 Å². The van der Waals surface area contributed by atoms with Gasteiger partial charge in [0.05, 0.1) is 23.2 Å². The number of fused-ring (bicyclic) bond motifs is 1. The molecule has 3 aliphatic heterocycles. The average molecular weight is 451 g/mol. The number of carboxylic acids is 1. The zero-order valence-electron chi connectivity index (χ0n) is 16.2. The zero-order valence-corrected chi connectivity index (χ0v) is 17.8. The lowest BCUT2D eigenvalue weighted by Crippen LogP contribution is -2.55. The quantitative estimate of drug-likeness (QED) is 0.617. The Kier molecular flexibility index (Phi) is 5.59. The van der Waals surface area contributed by atoms with E-state index in [0.29, 0.717) is 23.6 Å². The standard InChI is InChI=1S/C21H23ClN2O5S/c1-2-9-23(13-5-3-12(22)4-6-13)19(27)17-21-8-7-14(30-21)15(20(28)29)16(21)18(26)24(17)10-11-25/h2-6,14-17,25H,1,7-11H2,(H,28,29)/t14-,15+,16-,17?,21?/m0/s1. The van der Waals surface area contributed by atoms with Crippen LogP contribution in [0.15, 0.2) is 36.9 Å². The number of β-amino-alcohol motifs (C(OH)–C–C–N with tert-alkyl or cyclic N) is 1. The van der Waals surface area contributed by atoms with Crippen molar-refractivity contribution < 1.29 is 24.6 Å². The molecular formula is C21H23ClN2O5S. The number of halogens is 1. The number of carboxylic acid groups (broad SMARTS) is 1. The van der Waals surface area contributed by atoms with E-state index in [1.165, 1.54) is 16.7 Å². The molecule has 1 spiro atoms. The fraction of sp³-hybridized carbons (Fsp3) is 0.476. The first kappa shape index (κ1) is 21.2. The lowest BCUT2D eigenvalue weighted by atomic mass is 9.71. The Morgan fingerprint density at radius 3 is 2.67 bits per heavy atom. The number of carbonyl (C=O) groups excluding carboxylic acids is 2. The number of rotatable bonds is 7. The number of benzene rings is 1. The van der Waals surface area contributed by atoms with Gasteiger partial charge >= 0.3 is 5.97 Å². The van der Waals surface area contributed by atoms with Crippen molar-refractivity contribution in [3.63, 3.8) is 0 Å². The lowest BCUT2D eigenvalue weighted by Gasteiger charge is -2.37. The summed E-state index contributed by atoms with van der Waals surface area (Å²) in [4.78, 5) is 42.0. The first-order valence-corrected chi connectivity index (χ1v) is 11.1. The maximum absolute atomic E-state index is 13.9. The molecule has 7 nitrogen and oxygen atoms in total. The smallest absolute Gasteiger partial charge is 0.308 e. The lowest BCUT2D eigenvalue weighted by molar-refractivity contribution is -0.148. The van der Waals surface area contributed by atoms with E-state index >= 15 is 0 Å². The van der Waals surface area contributed by atoms with Gasteiger partial charge in [0, 0.05) is 29.0 Å². The number of likely N-dealkylation sites (tertiary alicyclic amines) is 1. The molecule has 160 valence electrons. The summed E-state index contributed by atoms with van der Waals surface area (Å²) < 4.78 is -0.789. The molecule has 30 heavy (non-hydrogen) atoms. The van der Waals surface area contributed by atoms with Crippen LogP contribution < -0.4 is 4.90 Å². The molecule has 3 fully saturated rings. The highest BCUT2D eigenvalue weighted by Gasteiger charge is 2.74. The summed E-state index contributed by atoms with van der Waals surface area (Å²) in [6.45, 7) is 3.67. The van der Waals surface area contributed by atoms with Gasteiger partial charge in [-0.2, -0.15) is 0 Å². The number of aliphatic hydroxyl groups excluding tert-OH is 1. The molecule has 3 saturated heterocycles. The van der Waals surface area contributed by atoms with Crippen LogP contribution in [0.5, 0.6) is 0 Å². The fourth-order valence-corrected chi connectivity index (χ4v) is 7.61. The van der Waals surface area contributed by atoms with Crippen molar-refractivity contribution in [1.29, 1.82) is 0 Å². The third-order valence-corrected chi connectivity index (χ3v) is 8.58. The molecule has 3 aliphatic rings. The summed E-state index contributed by atoms with van der Waals surface area (Å²) >= 11 is 7.46. The van der Waals surface area contributed by atoms with Gasteiger partial charge in [-0.15, -0.1) is 18.3 Å². The maximum Gasteiger partial charge on any atom is 0.308 e. The second-order valence-electron chi connectivity index (χ2n) is 7.86. The molecule has 2 N–H and O–H groups in total. The summed E-state index contributed by atoms with van der Waals surface area (Å²) in [6.07, 6.45) is 2.86. The molecule has 2 bridgehead atoms. The Morgan fingerprint density at radius 1 is 1.37 bits per heavy atom. The van der Waals surface area contributed by atoms with Gasteiger partial charge in [-0.3, -0.25) is 14.4 Å². The van der Waals surface area contributed by atoms with E-state index in [-0.39, 0.29) is 36.8 Å². The minimum absolute atomic E-state index is 0.00635. The predicted octanol–water partition coefficient (Wildman–Crippen LogP) is 2.03. The fourth-order valence-electron chi connectivity index (χ4n) is 5.28. The van der Waals surface area contributed by atoms with Crippen LogP contribution in [0.1, 0.15) is 12.8 Å². The van der Waals surface area contributed by atoms with Crippen molar-refractivity contribution in [2.75, 3.05) is 24.6 Å². The Hall–Kier alpha value is -2.03. The van der Waals surface area contributed by atoms with E-state index in [1.807, 2.05) is 0 Å². The zero-order chi connectivity index (χ0) is 21.6. The number of thioether (sulfide) groups is 1. The summed E-state index contributed by atoms with van der Waals surface area (Å²) in [7, 11) is 0. The maximum atomic E-state index is 13.9. The Morgan fingerprint density at radius 2 is 2.07 bits per heavy atom. The summed E-state index contributed by atoms with van der Waals surface area (Å²) in [5.41, 5.74) is 0.618. The predicted molar refractivity (Wildman–Crippen MR) is 115 cm³/mol. The number of aliphatic carboxylic acids is 1. The highest BCUT2D eigenvalue weighted by atomic mass is 35.5. The van der Waals surface area contributed by atoms with Gasteiger partial charge in [0.1, 0.15) is 6.04 Å². The van der Waals surface area contributed by atoms with Crippen molar-refractivity contribution in [3.8, 4) is 0 Å². The van der Waals surface area contributed by atoms with Crippen molar-refractivity contribution in [1.82, 2.24) is 4.90 Å². The second-order valence-corrected chi connectivity index (χ2v) is 9.90. The van der Waals surface area contributed by atoms with Gasteiger partial charge in [0.2, 0.25) is 5.91 Å². The van der Waals surface area contributed by atoms with Crippen molar-refractivity contribution >= 4 is 46.8 Å². The molecule has 2 amide bonds. The van der Waals surface area contributed by atoms with Crippen LogP contribution in [0.2, 0.25) is 5.02 Å². The van der Waals surface area contributed by atoms with Gasteiger partial charge in [-0.25, -0.2) is 0 Å². The summed E-state index contributed by atoms with van der Waals surface area (Å²) in [5.74, 6) is -3.20. The molecule has 0 aromatic heterocycles. The second kappa shape index (κ2) is 7.90.